The molecule has 0 aliphatic rings. The number of rotatable bonds is 4. The standard InChI is InChI=1S/C12H14FN3O/c1-16(11-4-2-3-9(13)5-11)8-12-6-10(7-14)15-17-12/h2-6H,7-8,14H2,1H3. The third kappa shape index (κ3) is 2.82. The number of hydrogen-bond donors (Lipinski definition) is 1. The van der Waals surface area contributed by atoms with Gasteiger partial charge >= 0.3 is 0 Å². The molecule has 4 nitrogen and oxygen atoms in total. The second-order valence-corrected chi connectivity index (χ2v) is 3.82. The summed E-state index contributed by atoms with van der Waals surface area (Å²) in [6.07, 6.45) is 0. The molecule has 0 radical (unpaired) electrons. The first-order valence-corrected chi connectivity index (χ1v) is 5.30. The number of benzene rings is 1. The Labute approximate surface area is 98.8 Å². The number of hydrogen-bond acceptors (Lipinski definition) is 4. The Morgan fingerprint density at radius 3 is 2.88 bits per heavy atom. The van der Waals surface area contributed by atoms with E-state index in [0.29, 0.717) is 24.5 Å². The summed E-state index contributed by atoms with van der Waals surface area (Å²) in [6, 6.07) is 8.20. The van der Waals surface area contributed by atoms with Crippen LogP contribution in [0.2, 0.25) is 0 Å². The summed E-state index contributed by atoms with van der Waals surface area (Å²) in [4.78, 5) is 1.88. The van der Waals surface area contributed by atoms with Crippen LogP contribution in [0.3, 0.4) is 0 Å². The molecule has 1 aromatic carbocycles. The first-order valence-electron chi connectivity index (χ1n) is 5.30. The lowest BCUT2D eigenvalue weighted by Crippen LogP contribution is -2.15. The molecule has 0 aliphatic heterocycles. The highest BCUT2D eigenvalue weighted by Gasteiger charge is 2.07. The van der Waals surface area contributed by atoms with E-state index in [4.69, 9.17) is 10.3 Å². The predicted octanol–water partition coefficient (Wildman–Crippen LogP) is 1.91. The van der Waals surface area contributed by atoms with Crippen molar-refractivity contribution in [2.45, 2.75) is 13.1 Å². The van der Waals surface area contributed by atoms with Crippen LogP contribution in [0.1, 0.15) is 11.5 Å². The van der Waals surface area contributed by atoms with E-state index in [0.717, 1.165) is 5.69 Å². The summed E-state index contributed by atoms with van der Waals surface area (Å²) in [5.74, 6) is 0.451. The van der Waals surface area contributed by atoms with Gasteiger partial charge in [-0.15, -0.1) is 0 Å². The summed E-state index contributed by atoms with van der Waals surface area (Å²) in [7, 11) is 1.86. The van der Waals surface area contributed by atoms with E-state index in [1.165, 1.54) is 12.1 Å². The monoisotopic (exact) mass is 235 g/mol. The second-order valence-electron chi connectivity index (χ2n) is 3.82. The Kier molecular flexibility index (Phi) is 3.39. The van der Waals surface area contributed by atoms with Crippen LogP contribution in [0.4, 0.5) is 10.1 Å². The summed E-state index contributed by atoms with van der Waals surface area (Å²) in [6.45, 7) is 0.879. The molecular formula is C12H14FN3O. The molecule has 2 aromatic rings. The second kappa shape index (κ2) is 4.97. The lowest BCUT2D eigenvalue weighted by Gasteiger charge is -2.17. The van der Waals surface area contributed by atoms with E-state index in [1.54, 1.807) is 12.1 Å². The zero-order valence-corrected chi connectivity index (χ0v) is 9.56. The van der Waals surface area contributed by atoms with Gasteiger partial charge in [0.15, 0.2) is 5.76 Å². The van der Waals surface area contributed by atoms with Crippen molar-refractivity contribution in [1.82, 2.24) is 5.16 Å². The third-order valence-electron chi connectivity index (χ3n) is 2.46. The van der Waals surface area contributed by atoms with E-state index in [9.17, 15) is 4.39 Å². The van der Waals surface area contributed by atoms with Crippen molar-refractivity contribution in [3.8, 4) is 0 Å². The van der Waals surface area contributed by atoms with Crippen LogP contribution in [0, 0.1) is 5.82 Å². The van der Waals surface area contributed by atoms with Crippen molar-refractivity contribution in [1.29, 1.82) is 0 Å². The van der Waals surface area contributed by atoms with Crippen molar-refractivity contribution < 1.29 is 8.91 Å². The van der Waals surface area contributed by atoms with Gasteiger partial charge in [0.05, 0.1) is 12.2 Å². The molecule has 0 atom stereocenters. The number of anilines is 1. The van der Waals surface area contributed by atoms with Crippen LogP contribution in [0.5, 0.6) is 0 Å². The lowest BCUT2D eigenvalue weighted by atomic mass is 10.2. The minimum atomic E-state index is -0.255. The average Bonchev–Trinajstić information content (AvgIpc) is 2.77. The molecule has 2 N–H and O–H groups in total. The van der Waals surface area contributed by atoms with Crippen LogP contribution >= 0.6 is 0 Å². The Balaban J connectivity index is 2.08. The highest BCUT2D eigenvalue weighted by Crippen LogP contribution is 2.16. The van der Waals surface area contributed by atoms with Crippen molar-refractivity contribution >= 4 is 5.69 Å². The van der Waals surface area contributed by atoms with Crippen LogP contribution < -0.4 is 10.6 Å². The van der Waals surface area contributed by atoms with Gasteiger partial charge in [0.1, 0.15) is 5.82 Å². The van der Waals surface area contributed by atoms with Gasteiger partial charge in [-0.1, -0.05) is 11.2 Å². The Morgan fingerprint density at radius 1 is 1.41 bits per heavy atom. The SMILES string of the molecule is CN(Cc1cc(CN)no1)c1cccc(F)c1. The molecule has 5 heteroatoms. The number of aromatic nitrogens is 1. The maximum absolute atomic E-state index is 13.0. The maximum Gasteiger partial charge on any atom is 0.156 e. The molecule has 0 fully saturated rings. The molecular weight excluding hydrogens is 221 g/mol. The van der Waals surface area contributed by atoms with Gasteiger partial charge in [-0.2, -0.15) is 0 Å². The molecule has 0 aliphatic carbocycles. The van der Waals surface area contributed by atoms with E-state index in [1.807, 2.05) is 18.0 Å². The lowest BCUT2D eigenvalue weighted by molar-refractivity contribution is 0.377. The minimum absolute atomic E-state index is 0.255. The van der Waals surface area contributed by atoms with E-state index >= 15 is 0 Å². The fourth-order valence-corrected chi connectivity index (χ4v) is 1.57. The highest BCUT2D eigenvalue weighted by molar-refractivity contribution is 5.45. The molecule has 0 unspecified atom stereocenters. The van der Waals surface area contributed by atoms with E-state index in [2.05, 4.69) is 5.16 Å². The highest BCUT2D eigenvalue weighted by atomic mass is 19.1. The zero-order chi connectivity index (χ0) is 12.3. The fraction of sp³-hybridized carbons (Fsp3) is 0.250. The third-order valence-corrected chi connectivity index (χ3v) is 2.46. The van der Waals surface area contributed by atoms with Crippen LogP contribution in [0.25, 0.3) is 0 Å². The van der Waals surface area contributed by atoms with Crippen LogP contribution in [0.15, 0.2) is 34.9 Å². The minimum Gasteiger partial charge on any atom is -0.367 e. The molecule has 1 heterocycles. The molecule has 0 saturated carbocycles. The van der Waals surface area contributed by atoms with Crippen LogP contribution in [-0.4, -0.2) is 12.2 Å². The number of nitrogens with two attached hydrogens (primary N) is 1. The zero-order valence-electron chi connectivity index (χ0n) is 9.56. The average molecular weight is 235 g/mol. The smallest absolute Gasteiger partial charge is 0.156 e. The van der Waals surface area contributed by atoms with Gasteiger partial charge in [-0.25, -0.2) is 4.39 Å². The van der Waals surface area contributed by atoms with Gasteiger partial charge in [0.25, 0.3) is 0 Å². The number of nitrogens with zero attached hydrogens (tertiary/aromatic N) is 2. The molecule has 2 rings (SSSR count). The molecule has 0 amide bonds. The Hall–Kier alpha value is -1.88. The molecule has 1 aromatic heterocycles. The predicted molar refractivity (Wildman–Crippen MR) is 62.9 cm³/mol. The van der Waals surface area contributed by atoms with Crippen molar-refractivity contribution in [2.75, 3.05) is 11.9 Å². The van der Waals surface area contributed by atoms with Gasteiger partial charge in [0.2, 0.25) is 0 Å². The Bertz CT molecular complexity index is 498. The quantitative estimate of drug-likeness (QED) is 0.879. The van der Waals surface area contributed by atoms with Crippen molar-refractivity contribution in [3.63, 3.8) is 0 Å². The summed E-state index contributed by atoms with van der Waals surface area (Å²) in [5, 5.41) is 3.80. The van der Waals surface area contributed by atoms with Crippen molar-refractivity contribution in [2.24, 2.45) is 5.73 Å². The molecule has 0 saturated heterocycles. The first-order chi connectivity index (χ1) is 8.19. The fourth-order valence-electron chi connectivity index (χ4n) is 1.57. The van der Waals surface area contributed by atoms with Gasteiger partial charge < -0.3 is 15.2 Å². The molecule has 0 bridgehead atoms. The van der Waals surface area contributed by atoms with E-state index in [-0.39, 0.29) is 5.82 Å². The number of halogens is 1. The Morgan fingerprint density at radius 2 is 2.24 bits per heavy atom. The molecule has 17 heavy (non-hydrogen) atoms. The summed E-state index contributed by atoms with van der Waals surface area (Å²) in [5.41, 5.74) is 6.94. The maximum atomic E-state index is 13.0. The summed E-state index contributed by atoms with van der Waals surface area (Å²) < 4.78 is 18.2. The van der Waals surface area contributed by atoms with Gasteiger partial charge in [-0.3, -0.25) is 0 Å². The topological polar surface area (TPSA) is 55.3 Å². The van der Waals surface area contributed by atoms with Gasteiger partial charge in [0, 0.05) is 25.3 Å². The van der Waals surface area contributed by atoms with Crippen LogP contribution in [-0.2, 0) is 13.1 Å². The van der Waals surface area contributed by atoms with Gasteiger partial charge in [-0.05, 0) is 18.2 Å². The molecule has 90 valence electrons. The van der Waals surface area contributed by atoms with E-state index < -0.39 is 0 Å². The first kappa shape index (κ1) is 11.6. The normalized spacial score (nSPS) is 10.5. The largest absolute Gasteiger partial charge is 0.367 e. The summed E-state index contributed by atoms with van der Waals surface area (Å²) >= 11 is 0. The van der Waals surface area contributed by atoms with Crippen molar-refractivity contribution in [3.05, 3.63) is 47.6 Å². The molecule has 0 spiro atoms.